The van der Waals surface area contributed by atoms with Gasteiger partial charge in [0.25, 0.3) is 0 Å². The van der Waals surface area contributed by atoms with Crippen LogP contribution in [-0.4, -0.2) is 48.3 Å². The summed E-state index contributed by atoms with van der Waals surface area (Å²) in [7, 11) is -11.8. The van der Waals surface area contributed by atoms with Gasteiger partial charge in [0, 0.05) is 5.56 Å². The number of hydrogen-bond acceptors (Lipinski definition) is 10. The first kappa shape index (κ1) is 31.1. The van der Waals surface area contributed by atoms with Crippen molar-refractivity contribution in [2.45, 2.75) is 33.6 Å². The van der Waals surface area contributed by atoms with Gasteiger partial charge in [0.05, 0.1) is 17.3 Å². The Kier molecular flexibility index (Phi) is 11.1. The lowest BCUT2D eigenvalue weighted by Crippen LogP contribution is -2.16. The van der Waals surface area contributed by atoms with Gasteiger partial charge in [-0.25, -0.2) is 0 Å². The predicted octanol–water partition coefficient (Wildman–Crippen LogP) is 3.95. The van der Waals surface area contributed by atoms with Crippen molar-refractivity contribution in [3.63, 3.8) is 0 Å². The Balaban J connectivity index is 2.30. The smallest absolute Gasteiger partial charge is 0.309 e. The van der Waals surface area contributed by atoms with Gasteiger partial charge in [-0.3, -0.25) is 4.79 Å². The number of ketones is 1. The van der Waals surface area contributed by atoms with E-state index in [1.807, 2.05) is 0 Å². The van der Waals surface area contributed by atoms with Gasteiger partial charge >= 0.3 is 30.4 Å². The van der Waals surface area contributed by atoms with Gasteiger partial charge in [-0.05, 0) is 61.8 Å². The normalized spacial score (nSPS) is 12.6. The Morgan fingerprint density at radius 1 is 0.737 bits per heavy atom. The molecule has 2 rings (SSSR count). The molecule has 0 aliphatic rings. The summed E-state index contributed by atoms with van der Waals surface area (Å²) in [6, 6.07) is 10.3. The number of rotatable bonds is 15. The maximum absolute atomic E-state index is 12.5. The van der Waals surface area contributed by atoms with Crippen LogP contribution >= 0.6 is 0 Å². The number of hydrogen-bond donors (Lipinski definition) is 0. The first-order valence-electron chi connectivity index (χ1n) is 11.7. The van der Waals surface area contributed by atoms with E-state index in [0.717, 1.165) is 6.08 Å². The molecule has 0 aliphatic heterocycles. The third-order valence-electron chi connectivity index (χ3n) is 4.65. The molecule has 0 saturated heterocycles. The zero-order valence-electron chi connectivity index (χ0n) is 21.2. The van der Waals surface area contributed by atoms with E-state index in [4.69, 9.17) is 12.5 Å². The standard InChI is InChI=1S/C25H30O10S3/c1-4-17-37(29,30)33-23-11-7-9-20(19-23)13-15-22(26)16-14-21-10-8-12-24(34-38(31,32)18-5-2)25(21)35-36(27,28)6-3/h7-16,19H,4-6,17-18H2,1-3H3/b15-13+,16-14+. The van der Waals surface area contributed by atoms with Crippen molar-refractivity contribution in [3.8, 4) is 17.2 Å². The van der Waals surface area contributed by atoms with Crippen LogP contribution in [0.25, 0.3) is 12.2 Å². The number of carbonyl (C=O) groups is 1. The predicted molar refractivity (Wildman–Crippen MR) is 145 cm³/mol. The van der Waals surface area contributed by atoms with Crippen LogP contribution < -0.4 is 12.5 Å². The van der Waals surface area contributed by atoms with Gasteiger partial charge in [-0.1, -0.05) is 44.2 Å². The Bertz CT molecular complexity index is 1500. The SMILES string of the molecule is CCCS(=O)(=O)Oc1cccc(/C=C/C(=O)/C=C/c2cccc(OS(=O)(=O)CCC)c2OS(=O)(=O)CC)c1. The zero-order chi connectivity index (χ0) is 28.4. The van der Waals surface area contributed by atoms with E-state index < -0.39 is 36.1 Å². The van der Waals surface area contributed by atoms with E-state index in [1.54, 1.807) is 26.0 Å². The van der Waals surface area contributed by atoms with Crippen LogP contribution in [-0.2, 0) is 35.1 Å². The third-order valence-corrected chi connectivity index (χ3v) is 8.47. The molecule has 0 aliphatic carbocycles. The van der Waals surface area contributed by atoms with Crippen molar-refractivity contribution < 1.29 is 42.6 Å². The molecule has 2 aromatic carbocycles. The quantitative estimate of drug-likeness (QED) is 0.222. The Hall–Kier alpha value is -3.16. The summed E-state index contributed by atoms with van der Waals surface area (Å²) in [5, 5.41) is 0. The average molecular weight is 587 g/mol. The van der Waals surface area contributed by atoms with Crippen LogP contribution in [0.1, 0.15) is 44.7 Å². The van der Waals surface area contributed by atoms with Crippen molar-refractivity contribution in [2.75, 3.05) is 17.3 Å². The van der Waals surface area contributed by atoms with E-state index in [9.17, 15) is 30.0 Å². The molecule has 0 unspecified atom stereocenters. The monoisotopic (exact) mass is 586 g/mol. The molecule has 0 bridgehead atoms. The highest BCUT2D eigenvalue weighted by atomic mass is 32.2. The summed E-state index contributed by atoms with van der Waals surface area (Å²) >= 11 is 0. The summed E-state index contributed by atoms with van der Waals surface area (Å²) in [4.78, 5) is 12.5. The lowest BCUT2D eigenvalue weighted by atomic mass is 10.1. The van der Waals surface area contributed by atoms with Crippen LogP contribution in [0.4, 0.5) is 0 Å². The van der Waals surface area contributed by atoms with Crippen molar-refractivity contribution in [2.24, 2.45) is 0 Å². The van der Waals surface area contributed by atoms with E-state index in [2.05, 4.69) is 0 Å². The molecule has 0 N–H and O–H groups in total. The molecule has 0 heterocycles. The second-order valence-electron chi connectivity index (χ2n) is 7.94. The van der Waals surface area contributed by atoms with Crippen molar-refractivity contribution >= 4 is 48.3 Å². The van der Waals surface area contributed by atoms with Crippen molar-refractivity contribution in [1.29, 1.82) is 0 Å². The Morgan fingerprint density at radius 3 is 1.97 bits per heavy atom. The van der Waals surface area contributed by atoms with Gasteiger partial charge in [-0.2, -0.15) is 25.3 Å². The molecule has 0 saturated carbocycles. The second-order valence-corrected chi connectivity index (χ2v) is 13.2. The fourth-order valence-corrected chi connectivity index (χ4v) is 5.47. The molecule has 13 heteroatoms. The molecular weight excluding hydrogens is 556 g/mol. The number of benzene rings is 2. The van der Waals surface area contributed by atoms with Crippen LogP contribution in [0.3, 0.4) is 0 Å². The number of allylic oxidation sites excluding steroid dienone is 2. The first-order valence-corrected chi connectivity index (χ1v) is 16.4. The van der Waals surface area contributed by atoms with E-state index in [1.165, 1.54) is 55.5 Å². The van der Waals surface area contributed by atoms with Crippen LogP contribution in [0.2, 0.25) is 0 Å². The minimum atomic E-state index is -4.05. The Labute approximate surface area is 224 Å². The summed E-state index contributed by atoms with van der Waals surface area (Å²) in [5.74, 6) is -1.86. The van der Waals surface area contributed by atoms with Gasteiger partial charge in [0.1, 0.15) is 5.75 Å². The maximum atomic E-state index is 12.5. The molecule has 208 valence electrons. The van der Waals surface area contributed by atoms with Crippen molar-refractivity contribution in [1.82, 2.24) is 0 Å². The molecule has 0 amide bonds. The molecule has 0 aromatic heterocycles. The van der Waals surface area contributed by atoms with Gasteiger partial charge < -0.3 is 12.5 Å². The Morgan fingerprint density at radius 2 is 1.34 bits per heavy atom. The van der Waals surface area contributed by atoms with E-state index in [-0.39, 0.29) is 46.5 Å². The lowest BCUT2D eigenvalue weighted by Gasteiger charge is -2.14. The highest BCUT2D eigenvalue weighted by Gasteiger charge is 2.21. The topological polar surface area (TPSA) is 147 Å². The molecule has 0 atom stereocenters. The van der Waals surface area contributed by atoms with E-state index >= 15 is 0 Å². The number of carbonyl (C=O) groups excluding carboxylic acids is 1. The molecular formula is C25H30O10S3. The van der Waals surface area contributed by atoms with Gasteiger partial charge in [0.15, 0.2) is 17.3 Å². The molecule has 0 spiro atoms. The lowest BCUT2D eigenvalue weighted by molar-refractivity contribution is -0.110. The van der Waals surface area contributed by atoms with Crippen LogP contribution in [0.15, 0.2) is 54.6 Å². The fraction of sp³-hybridized carbons (Fsp3) is 0.320. The number of para-hydroxylation sites is 1. The van der Waals surface area contributed by atoms with E-state index in [0.29, 0.717) is 12.0 Å². The molecule has 38 heavy (non-hydrogen) atoms. The third kappa shape index (κ3) is 10.3. The maximum Gasteiger partial charge on any atom is 0.309 e. The summed E-state index contributed by atoms with van der Waals surface area (Å²) in [6.45, 7) is 4.72. The largest absolute Gasteiger partial charge is 0.382 e. The first-order chi connectivity index (χ1) is 17.8. The van der Waals surface area contributed by atoms with Crippen molar-refractivity contribution in [3.05, 3.63) is 65.7 Å². The highest BCUT2D eigenvalue weighted by molar-refractivity contribution is 7.87. The van der Waals surface area contributed by atoms with Gasteiger partial charge in [0.2, 0.25) is 0 Å². The second kappa shape index (κ2) is 13.6. The highest BCUT2D eigenvalue weighted by Crippen LogP contribution is 2.34. The molecule has 0 radical (unpaired) electrons. The molecule has 10 nitrogen and oxygen atoms in total. The van der Waals surface area contributed by atoms with Crippen LogP contribution in [0.5, 0.6) is 17.2 Å². The van der Waals surface area contributed by atoms with Crippen LogP contribution in [0, 0.1) is 0 Å². The average Bonchev–Trinajstić information content (AvgIpc) is 2.82. The minimum absolute atomic E-state index is 0.101. The summed E-state index contributed by atoms with van der Waals surface area (Å²) in [5.41, 5.74) is 0.607. The molecule has 0 fully saturated rings. The molecule has 2 aromatic rings. The summed E-state index contributed by atoms with van der Waals surface area (Å²) in [6.07, 6.45) is 5.75. The fourth-order valence-electron chi connectivity index (χ4n) is 2.95. The minimum Gasteiger partial charge on any atom is -0.382 e. The van der Waals surface area contributed by atoms with Gasteiger partial charge in [-0.15, -0.1) is 0 Å². The zero-order valence-corrected chi connectivity index (χ0v) is 23.6. The summed E-state index contributed by atoms with van der Waals surface area (Å²) < 4.78 is 87.6.